The summed E-state index contributed by atoms with van der Waals surface area (Å²) in [6, 6.07) is 11.2. The highest BCUT2D eigenvalue weighted by atomic mass is 19.1. The number of anilines is 5. The number of rotatable bonds is 7. The number of ether oxygens (including phenoxy) is 1. The lowest BCUT2D eigenvalue weighted by Gasteiger charge is -2.25. The maximum Gasteiger partial charge on any atom is 0.265 e. The van der Waals surface area contributed by atoms with E-state index in [-0.39, 0.29) is 30.7 Å². The summed E-state index contributed by atoms with van der Waals surface area (Å²) in [6.45, 7) is -0.175. The number of carbonyl (C=O) groups is 2. The van der Waals surface area contributed by atoms with E-state index < -0.39 is 17.8 Å². The zero-order valence-electron chi connectivity index (χ0n) is 16.6. The Morgan fingerprint density at radius 1 is 1.19 bits per heavy atom. The van der Waals surface area contributed by atoms with Gasteiger partial charge in [-0.3, -0.25) is 9.59 Å². The van der Waals surface area contributed by atoms with E-state index >= 15 is 0 Å². The van der Waals surface area contributed by atoms with Crippen molar-refractivity contribution < 1.29 is 23.8 Å². The molecule has 1 atom stereocenters. The largest absolute Gasteiger partial charge is 0.478 e. The van der Waals surface area contributed by atoms with Gasteiger partial charge in [0.05, 0.1) is 11.9 Å². The Labute approximate surface area is 181 Å². The fourth-order valence-corrected chi connectivity index (χ4v) is 3.03. The SMILES string of the molecule is NC(=O)c1ccc(Nc2ncc(F)c(Nc3ccc4c(c3)NC(=O)C(CCO)O4)n2)cc1. The van der Waals surface area contributed by atoms with Gasteiger partial charge in [0.2, 0.25) is 11.9 Å². The molecule has 2 amide bonds. The Kier molecular flexibility index (Phi) is 5.81. The number of fused-ring (bicyclic) bond motifs is 1. The number of aliphatic hydroxyl groups excluding tert-OH is 1. The van der Waals surface area contributed by atoms with Crippen LogP contribution in [0.1, 0.15) is 16.8 Å². The zero-order chi connectivity index (χ0) is 22.7. The average molecular weight is 438 g/mol. The maximum absolute atomic E-state index is 14.3. The molecular weight excluding hydrogens is 419 g/mol. The molecule has 2 heterocycles. The second-order valence-corrected chi connectivity index (χ2v) is 6.90. The van der Waals surface area contributed by atoms with E-state index in [1.165, 1.54) is 0 Å². The van der Waals surface area contributed by atoms with Crippen molar-refractivity contribution in [1.82, 2.24) is 9.97 Å². The third-order valence-corrected chi connectivity index (χ3v) is 4.62. The fraction of sp³-hybridized carbons (Fsp3) is 0.143. The van der Waals surface area contributed by atoms with Gasteiger partial charge in [0.15, 0.2) is 17.7 Å². The van der Waals surface area contributed by atoms with Gasteiger partial charge in [0.1, 0.15) is 5.75 Å². The van der Waals surface area contributed by atoms with E-state index in [2.05, 4.69) is 25.9 Å². The van der Waals surface area contributed by atoms with Gasteiger partial charge in [-0.15, -0.1) is 0 Å². The summed E-state index contributed by atoms with van der Waals surface area (Å²) in [5.74, 6) is -1.11. The van der Waals surface area contributed by atoms with Crippen molar-refractivity contribution in [3.63, 3.8) is 0 Å². The van der Waals surface area contributed by atoms with Crippen molar-refractivity contribution in [2.45, 2.75) is 12.5 Å². The maximum atomic E-state index is 14.3. The molecule has 10 nitrogen and oxygen atoms in total. The molecule has 0 bridgehead atoms. The molecule has 1 aliphatic heterocycles. The molecule has 0 spiro atoms. The summed E-state index contributed by atoms with van der Waals surface area (Å²) >= 11 is 0. The van der Waals surface area contributed by atoms with Gasteiger partial charge in [-0.25, -0.2) is 9.37 Å². The van der Waals surface area contributed by atoms with Gasteiger partial charge in [-0.05, 0) is 42.5 Å². The standard InChI is InChI=1S/C21H19FN6O4/c22-14-10-24-21(26-12-3-1-11(2-4-12)18(23)30)28-19(14)25-13-5-6-16-15(9-13)27-20(31)17(32-16)7-8-29/h1-6,9-10,17,29H,7-8H2,(H2,23,30)(H,27,31)(H2,24,25,26,28). The first-order chi connectivity index (χ1) is 15.4. The fourth-order valence-electron chi connectivity index (χ4n) is 3.03. The number of halogens is 1. The molecule has 164 valence electrons. The van der Waals surface area contributed by atoms with Crippen LogP contribution in [0, 0.1) is 5.82 Å². The van der Waals surface area contributed by atoms with Crippen LogP contribution < -0.4 is 26.4 Å². The number of nitrogens with one attached hydrogen (secondary N) is 3. The number of primary amides is 1. The minimum Gasteiger partial charge on any atom is -0.478 e. The first-order valence-electron chi connectivity index (χ1n) is 9.62. The minimum atomic E-state index is -0.767. The van der Waals surface area contributed by atoms with Crippen LogP contribution in [0.2, 0.25) is 0 Å². The van der Waals surface area contributed by atoms with Gasteiger partial charge in [0, 0.05) is 30.0 Å². The van der Waals surface area contributed by atoms with Gasteiger partial charge < -0.3 is 31.5 Å². The quantitative estimate of drug-likeness (QED) is 0.377. The molecule has 11 heteroatoms. The summed E-state index contributed by atoms with van der Waals surface area (Å²) < 4.78 is 19.9. The number of hydrogen-bond donors (Lipinski definition) is 5. The first-order valence-corrected chi connectivity index (χ1v) is 9.62. The normalized spacial score (nSPS) is 14.7. The van der Waals surface area contributed by atoms with E-state index in [0.717, 1.165) is 6.20 Å². The number of aliphatic hydroxyl groups is 1. The van der Waals surface area contributed by atoms with Crippen LogP contribution in [-0.4, -0.2) is 39.6 Å². The number of carbonyl (C=O) groups excluding carboxylic acids is 2. The summed E-state index contributed by atoms with van der Waals surface area (Å²) in [6.07, 6.45) is 0.424. The topological polar surface area (TPSA) is 151 Å². The molecule has 0 radical (unpaired) electrons. The van der Waals surface area contributed by atoms with Crippen LogP contribution in [0.15, 0.2) is 48.7 Å². The monoisotopic (exact) mass is 438 g/mol. The summed E-state index contributed by atoms with van der Waals surface area (Å²) in [4.78, 5) is 31.3. The van der Waals surface area contributed by atoms with E-state index in [4.69, 9.17) is 15.6 Å². The Balaban J connectivity index is 1.50. The number of nitrogens with zero attached hydrogens (tertiary/aromatic N) is 2. The molecule has 2 aromatic carbocycles. The third-order valence-electron chi connectivity index (χ3n) is 4.62. The number of hydrogen-bond acceptors (Lipinski definition) is 8. The second-order valence-electron chi connectivity index (χ2n) is 6.90. The van der Waals surface area contributed by atoms with E-state index in [1.54, 1.807) is 42.5 Å². The van der Waals surface area contributed by atoms with E-state index in [1.807, 2.05) is 0 Å². The van der Waals surface area contributed by atoms with E-state index in [9.17, 15) is 14.0 Å². The molecule has 3 aromatic rings. The van der Waals surface area contributed by atoms with Crippen molar-refractivity contribution >= 4 is 40.6 Å². The number of aromatic nitrogens is 2. The highest BCUT2D eigenvalue weighted by molar-refractivity contribution is 5.98. The first kappa shape index (κ1) is 21.0. The van der Waals surface area contributed by atoms with E-state index in [0.29, 0.717) is 28.4 Å². The summed E-state index contributed by atoms with van der Waals surface area (Å²) in [7, 11) is 0. The van der Waals surface area contributed by atoms with Crippen LogP contribution in [0.25, 0.3) is 0 Å². The summed E-state index contributed by atoms with van der Waals surface area (Å²) in [5, 5.41) is 17.5. The Bertz CT molecular complexity index is 1170. The Hall–Kier alpha value is -4.25. The van der Waals surface area contributed by atoms with Crippen LogP contribution in [-0.2, 0) is 4.79 Å². The number of nitrogens with two attached hydrogens (primary N) is 1. The van der Waals surface area contributed by atoms with Crippen LogP contribution in [0.3, 0.4) is 0 Å². The predicted molar refractivity (Wildman–Crippen MR) is 115 cm³/mol. The molecule has 0 aliphatic carbocycles. The van der Waals surface area contributed by atoms with Crippen molar-refractivity contribution in [2.24, 2.45) is 5.73 Å². The smallest absolute Gasteiger partial charge is 0.265 e. The Morgan fingerprint density at radius 2 is 1.94 bits per heavy atom. The van der Waals surface area contributed by atoms with Crippen LogP contribution >= 0.6 is 0 Å². The molecule has 4 rings (SSSR count). The lowest BCUT2D eigenvalue weighted by molar-refractivity contribution is -0.124. The van der Waals surface area contributed by atoms with Crippen molar-refractivity contribution in [3.05, 3.63) is 60.0 Å². The van der Waals surface area contributed by atoms with Gasteiger partial charge in [0.25, 0.3) is 5.91 Å². The molecular formula is C21H19FN6O4. The van der Waals surface area contributed by atoms with Gasteiger partial charge in [-0.2, -0.15) is 4.98 Å². The van der Waals surface area contributed by atoms with Crippen LogP contribution in [0.5, 0.6) is 5.75 Å². The highest BCUT2D eigenvalue weighted by Crippen LogP contribution is 2.34. The Morgan fingerprint density at radius 3 is 2.66 bits per heavy atom. The lowest BCUT2D eigenvalue weighted by atomic mass is 10.1. The van der Waals surface area contributed by atoms with Gasteiger partial charge >= 0.3 is 0 Å². The second kappa shape index (κ2) is 8.86. The molecule has 32 heavy (non-hydrogen) atoms. The molecule has 0 saturated carbocycles. The third kappa shape index (κ3) is 4.57. The molecule has 1 unspecified atom stereocenters. The molecule has 6 N–H and O–H groups in total. The highest BCUT2D eigenvalue weighted by Gasteiger charge is 2.27. The lowest BCUT2D eigenvalue weighted by Crippen LogP contribution is -2.37. The summed E-state index contributed by atoms with van der Waals surface area (Å²) in [5.41, 5.74) is 7.03. The van der Waals surface area contributed by atoms with Crippen LogP contribution in [0.4, 0.5) is 33.2 Å². The zero-order valence-corrected chi connectivity index (χ0v) is 16.6. The van der Waals surface area contributed by atoms with Gasteiger partial charge in [-0.1, -0.05) is 0 Å². The van der Waals surface area contributed by atoms with Crippen molar-refractivity contribution in [3.8, 4) is 5.75 Å². The molecule has 0 saturated heterocycles. The molecule has 0 fully saturated rings. The minimum absolute atomic E-state index is 0.0857. The predicted octanol–water partition coefficient (Wildman–Crippen LogP) is 2.28. The molecule has 1 aliphatic rings. The van der Waals surface area contributed by atoms with Crippen molar-refractivity contribution in [2.75, 3.05) is 22.6 Å². The van der Waals surface area contributed by atoms with Crippen molar-refractivity contribution in [1.29, 1.82) is 0 Å². The number of benzene rings is 2. The molecule has 1 aromatic heterocycles. The number of amides is 2. The average Bonchev–Trinajstić information content (AvgIpc) is 2.77.